The number of Topliss-reactive ketones (excluding diaryl/α,β-unsaturated/α-hetero) is 1. The molecule has 2 aromatic carbocycles. The zero-order chi connectivity index (χ0) is 14.1. The Hall–Kier alpha value is -2.07. The average Bonchev–Trinajstić information content (AvgIpc) is 2.48. The lowest BCUT2D eigenvalue weighted by Gasteiger charge is -2.25. The molecule has 1 atom stereocenters. The van der Waals surface area contributed by atoms with Gasteiger partial charge >= 0.3 is 0 Å². The van der Waals surface area contributed by atoms with Crippen LogP contribution in [0.2, 0.25) is 0 Å². The molecule has 0 spiro atoms. The first-order valence-electron chi connectivity index (χ1n) is 6.44. The Labute approximate surface area is 115 Å². The van der Waals surface area contributed by atoms with Crippen LogP contribution in [0.5, 0.6) is 0 Å². The van der Waals surface area contributed by atoms with Gasteiger partial charge in [0.15, 0.2) is 5.78 Å². The van der Waals surface area contributed by atoms with Gasteiger partial charge in [-0.2, -0.15) is 0 Å². The highest BCUT2D eigenvalue weighted by Gasteiger charge is 2.28. The average molecular weight is 273 g/mol. The molecule has 0 aliphatic carbocycles. The number of fused-ring (bicyclic) bond motifs is 1. The van der Waals surface area contributed by atoms with Crippen LogP contribution in [-0.4, -0.2) is 12.3 Å². The van der Waals surface area contributed by atoms with Crippen LogP contribution in [0.15, 0.2) is 42.5 Å². The van der Waals surface area contributed by atoms with Crippen molar-refractivity contribution in [2.75, 3.05) is 6.54 Å². The van der Waals surface area contributed by atoms with Crippen molar-refractivity contribution >= 4 is 5.78 Å². The van der Waals surface area contributed by atoms with Crippen LogP contribution in [0.4, 0.5) is 8.78 Å². The second kappa shape index (κ2) is 5.13. The first-order valence-corrected chi connectivity index (χ1v) is 6.44. The molecule has 102 valence electrons. The minimum Gasteiger partial charge on any atom is -0.312 e. The van der Waals surface area contributed by atoms with Crippen molar-refractivity contribution in [1.29, 1.82) is 0 Å². The molecular formula is C16H13F2NO. The highest BCUT2D eigenvalue weighted by molar-refractivity contribution is 6.01. The van der Waals surface area contributed by atoms with Gasteiger partial charge in [-0.25, -0.2) is 8.78 Å². The fourth-order valence-electron chi connectivity index (χ4n) is 2.60. The van der Waals surface area contributed by atoms with Gasteiger partial charge in [-0.3, -0.25) is 4.79 Å². The normalized spacial score (nSPS) is 17.6. The van der Waals surface area contributed by atoms with Gasteiger partial charge in [-0.15, -0.1) is 0 Å². The smallest absolute Gasteiger partial charge is 0.174 e. The SMILES string of the molecule is O=C(c1cc(F)ccc1F)C1CNCc2ccccc21. The zero-order valence-electron chi connectivity index (χ0n) is 10.7. The van der Waals surface area contributed by atoms with E-state index in [1.165, 1.54) is 0 Å². The van der Waals surface area contributed by atoms with E-state index in [0.29, 0.717) is 13.1 Å². The minimum atomic E-state index is -0.681. The van der Waals surface area contributed by atoms with Gasteiger partial charge in [0.25, 0.3) is 0 Å². The molecule has 2 aromatic rings. The summed E-state index contributed by atoms with van der Waals surface area (Å²) in [7, 11) is 0. The van der Waals surface area contributed by atoms with Crippen LogP contribution in [0, 0.1) is 11.6 Å². The van der Waals surface area contributed by atoms with Gasteiger partial charge in [0.2, 0.25) is 0 Å². The quantitative estimate of drug-likeness (QED) is 0.852. The summed E-state index contributed by atoms with van der Waals surface area (Å²) in [5, 5.41) is 3.14. The molecule has 2 nitrogen and oxygen atoms in total. The van der Waals surface area contributed by atoms with E-state index < -0.39 is 17.6 Å². The summed E-state index contributed by atoms with van der Waals surface area (Å²) in [6.07, 6.45) is 0. The molecule has 0 bridgehead atoms. The lowest BCUT2D eigenvalue weighted by atomic mass is 9.85. The lowest BCUT2D eigenvalue weighted by Crippen LogP contribution is -2.33. The van der Waals surface area contributed by atoms with Gasteiger partial charge < -0.3 is 5.32 Å². The number of ketones is 1. The van der Waals surface area contributed by atoms with Gasteiger partial charge in [0.1, 0.15) is 11.6 Å². The first-order chi connectivity index (χ1) is 9.66. The van der Waals surface area contributed by atoms with Crippen molar-refractivity contribution in [2.24, 2.45) is 0 Å². The Bertz CT molecular complexity index is 669. The number of halogens is 2. The van der Waals surface area contributed by atoms with E-state index in [-0.39, 0.29) is 11.3 Å². The van der Waals surface area contributed by atoms with E-state index in [1.54, 1.807) is 0 Å². The molecule has 0 fully saturated rings. The van der Waals surface area contributed by atoms with Crippen molar-refractivity contribution < 1.29 is 13.6 Å². The molecule has 1 N–H and O–H groups in total. The van der Waals surface area contributed by atoms with Crippen molar-refractivity contribution in [3.8, 4) is 0 Å². The summed E-state index contributed by atoms with van der Waals surface area (Å²) < 4.78 is 27.0. The van der Waals surface area contributed by atoms with Gasteiger partial charge in [-0.1, -0.05) is 24.3 Å². The fraction of sp³-hybridized carbons (Fsp3) is 0.188. The molecule has 3 rings (SSSR count). The maximum atomic E-state index is 13.7. The molecule has 0 saturated heterocycles. The predicted molar refractivity (Wildman–Crippen MR) is 71.6 cm³/mol. The van der Waals surface area contributed by atoms with E-state index in [0.717, 1.165) is 29.3 Å². The molecule has 4 heteroatoms. The Morgan fingerprint density at radius 1 is 1.15 bits per heavy atom. The van der Waals surface area contributed by atoms with Crippen LogP contribution < -0.4 is 5.32 Å². The highest BCUT2D eigenvalue weighted by atomic mass is 19.1. The summed E-state index contributed by atoms with van der Waals surface area (Å²) in [5.41, 5.74) is 1.72. The maximum absolute atomic E-state index is 13.7. The standard InChI is InChI=1S/C16H13F2NO/c17-11-5-6-15(18)13(7-11)16(20)14-9-19-8-10-3-1-2-4-12(10)14/h1-7,14,19H,8-9H2. The third-order valence-electron chi connectivity index (χ3n) is 3.60. The third kappa shape index (κ3) is 2.23. The van der Waals surface area contributed by atoms with Crippen molar-refractivity contribution in [3.05, 3.63) is 70.8 Å². The molecule has 0 saturated carbocycles. The van der Waals surface area contributed by atoms with Gasteiger partial charge in [0, 0.05) is 13.1 Å². The zero-order valence-corrected chi connectivity index (χ0v) is 10.7. The fourth-order valence-corrected chi connectivity index (χ4v) is 2.60. The van der Waals surface area contributed by atoms with Gasteiger partial charge in [0.05, 0.1) is 11.5 Å². The second-order valence-electron chi connectivity index (χ2n) is 4.87. The molecule has 20 heavy (non-hydrogen) atoms. The number of rotatable bonds is 2. The Balaban J connectivity index is 2.02. The lowest BCUT2D eigenvalue weighted by molar-refractivity contribution is 0.0950. The molecule has 1 heterocycles. The van der Waals surface area contributed by atoms with E-state index in [9.17, 15) is 13.6 Å². The van der Waals surface area contributed by atoms with Crippen molar-refractivity contribution in [1.82, 2.24) is 5.32 Å². The second-order valence-corrected chi connectivity index (χ2v) is 4.87. The Morgan fingerprint density at radius 3 is 2.80 bits per heavy atom. The summed E-state index contributed by atoms with van der Waals surface area (Å²) in [5.74, 6) is -2.15. The van der Waals surface area contributed by atoms with Crippen LogP contribution in [0.3, 0.4) is 0 Å². The Kier molecular flexibility index (Phi) is 3.32. The molecular weight excluding hydrogens is 260 g/mol. The number of carbonyl (C=O) groups is 1. The van der Waals surface area contributed by atoms with Crippen molar-refractivity contribution in [2.45, 2.75) is 12.5 Å². The minimum absolute atomic E-state index is 0.187. The van der Waals surface area contributed by atoms with Crippen LogP contribution in [0.1, 0.15) is 27.4 Å². The largest absolute Gasteiger partial charge is 0.312 e. The summed E-state index contributed by atoms with van der Waals surface area (Å²) in [4.78, 5) is 12.5. The predicted octanol–water partition coefficient (Wildman–Crippen LogP) is 3.03. The maximum Gasteiger partial charge on any atom is 0.174 e. The summed E-state index contributed by atoms with van der Waals surface area (Å²) >= 11 is 0. The highest BCUT2D eigenvalue weighted by Crippen LogP contribution is 2.28. The van der Waals surface area contributed by atoms with Gasteiger partial charge in [-0.05, 0) is 29.3 Å². The van der Waals surface area contributed by atoms with E-state index in [1.807, 2.05) is 24.3 Å². The van der Waals surface area contributed by atoms with E-state index in [2.05, 4.69) is 5.32 Å². The molecule has 0 amide bonds. The topological polar surface area (TPSA) is 29.1 Å². The van der Waals surface area contributed by atoms with Crippen molar-refractivity contribution in [3.63, 3.8) is 0 Å². The van der Waals surface area contributed by atoms with Crippen LogP contribution >= 0.6 is 0 Å². The number of benzene rings is 2. The monoisotopic (exact) mass is 273 g/mol. The molecule has 1 aliphatic rings. The summed E-state index contributed by atoms with van der Waals surface area (Å²) in [6.45, 7) is 1.12. The molecule has 1 aliphatic heterocycles. The van der Waals surface area contributed by atoms with E-state index >= 15 is 0 Å². The van der Waals surface area contributed by atoms with Crippen LogP contribution in [-0.2, 0) is 6.54 Å². The Morgan fingerprint density at radius 2 is 1.95 bits per heavy atom. The number of carbonyl (C=O) groups excluding carboxylic acids is 1. The number of hydrogen-bond acceptors (Lipinski definition) is 2. The molecule has 0 aromatic heterocycles. The summed E-state index contributed by atoms with van der Waals surface area (Å²) in [6, 6.07) is 10.5. The molecule has 1 unspecified atom stereocenters. The first kappa shape index (κ1) is 12.9. The molecule has 0 radical (unpaired) electrons. The third-order valence-corrected chi connectivity index (χ3v) is 3.60. The number of hydrogen-bond donors (Lipinski definition) is 1. The van der Waals surface area contributed by atoms with Crippen LogP contribution in [0.25, 0.3) is 0 Å². The number of nitrogens with one attached hydrogen (secondary N) is 1. The van der Waals surface area contributed by atoms with E-state index in [4.69, 9.17) is 0 Å².